The maximum Gasteiger partial charge on any atom is 0.267 e. The number of nitrogens with two attached hydrogens (primary N) is 1. The average molecular weight is 292 g/mol. The number of aromatic amines is 1. The van der Waals surface area contributed by atoms with Crippen LogP contribution in [0.25, 0.3) is 0 Å². The zero-order valence-corrected chi connectivity index (χ0v) is 11.9. The van der Waals surface area contributed by atoms with Crippen LogP contribution in [0, 0.1) is 6.92 Å². The van der Waals surface area contributed by atoms with Gasteiger partial charge in [0, 0.05) is 29.8 Å². The second kappa shape index (κ2) is 6.33. The van der Waals surface area contributed by atoms with E-state index in [0.29, 0.717) is 17.4 Å². The molecule has 2 heterocycles. The number of nitrogen functional groups attached to an aromatic ring is 1. The van der Waals surface area contributed by atoms with Gasteiger partial charge in [-0.15, -0.1) is 11.3 Å². The lowest BCUT2D eigenvalue weighted by Gasteiger charge is -2.05. The van der Waals surface area contributed by atoms with Crippen LogP contribution < -0.4 is 16.5 Å². The highest BCUT2D eigenvalue weighted by Crippen LogP contribution is 2.12. The first-order valence-electron chi connectivity index (χ1n) is 6.23. The average Bonchev–Trinajstić information content (AvgIpc) is 2.79. The lowest BCUT2D eigenvalue weighted by molar-refractivity contribution is 0.0948. The maximum atomic E-state index is 11.8. The van der Waals surface area contributed by atoms with Gasteiger partial charge in [-0.3, -0.25) is 9.59 Å². The SMILES string of the molecule is Cc1cc(=O)cc(C(=O)NCCCc2csc(N)n2)[nH]1. The van der Waals surface area contributed by atoms with E-state index in [4.69, 9.17) is 5.73 Å². The van der Waals surface area contributed by atoms with Crippen molar-refractivity contribution in [1.82, 2.24) is 15.3 Å². The highest BCUT2D eigenvalue weighted by molar-refractivity contribution is 7.13. The second-order valence-corrected chi connectivity index (χ2v) is 5.34. The summed E-state index contributed by atoms with van der Waals surface area (Å²) in [6.07, 6.45) is 1.53. The predicted octanol–water partition coefficient (Wildman–Crippen LogP) is 1.08. The number of H-pyrrole nitrogens is 1. The molecule has 4 N–H and O–H groups in total. The molecule has 0 aliphatic carbocycles. The number of nitrogens with one attached hydrogen (secondary N) is 2. The maximum absolute atomic E-state index is 11.8. The van der Waals surface area contributed by atoms with E-state index in [2.05, 4.69) is 15.3 Å². The van der Waals surface area contributed by atoms with E-state index in [-0.39, 0.29) is 17.0 Å². The quantitative estimate of drug-likeness (QED) is 0.718. The van der Waals surface area contributed by atoms with Crippen molar-refractivity contribution in [1.29, 1.82) is 0 Å². The lowest BCUT2D eigenvalue weighted by atomic mass is 10.2. The van der Waals surface area contributed by atoms with Crippen molar-refractivity contribution in [2.24, 2.45) is 0 Å². The minimum atomic E-state index is -0.274. The third-order valence-electron chi connectivity index (χ3n) is 2.69. The van der Waals surface area contributed by atoms with Gasteiger partial charge in [0.1, 0.15) is 5.69 Å². The van der Waals surface area contributed by atoms with Crippen LogP contribution >= 0.6 is 11.3 Å². The highest BCUT2D eigenvalue weighted by atomic mass is 32.1. The van der Waals surface area contributed by atoms with Crippen LogP contribution in [0.2, 0.25) is 0 Å². The van der Waals surface area contributed by atoms with Gasteiger partial charge in [0.15, 0.2) is 10.6 Å². The first-order chi connectivity index (χ1) is 9.54. The summed E-state index contributed by atoms with van der Waals surface area (Å²) in [5.74, 6) is -0.274. The van der Waals surface area contributed by atoms with Gasteiger partial charge in [0.2, 0.25) is 0 Å². The van der Waals surface area contributed by atoms with Crippen LogP contribution in [0.5, 0.6) is 0 Å². The molecule has 0 saturated heterocycles. The zero-order valence-electron chi connectivity index (χ0n) is 11.1. The third-order valence-corrected chi connectivity index (χ3v) is 3.41. The first-order valence-corrected chi connectivity index (χ1v) is 7.11. The molecule has 106 valence electrons. The van der Waals surface area contributed by atoms with Crippen LogP contribution in [0.3, 0.4) is 0 Å². The Balaban J connectivity index is 1.81. The number of hydrogen-bond acceptors (Lipinski definition) is 5. The van der Waals surface area contributed by atoms with Gasteiger partial charge in [0.05, 0.1) is 5.69 Å². The van der Waals surface area contributed by atoms with E-state index in [1.807, 2.05) is 5.38 Å². The number of carbonyl (C=O) groups excluding carboxylic acids is 1. The molecule has 0 bridgehead atoms. The molecule has 1 amide bonds. The van der Waals surface area contributed by atoms with Crippen molar-refractivity contribution < 1.29 is 4.79 Å². The third kappa shape index (κ3) is 3.92. The molecule has 0 fully saturated rings. The van der Waals surface area contributed by atoms with Crippen molar-refractivity contribution in [3.05, 3.63) is 44.8 Å². The van der Waals surface area contributed by atoms with E-state index < -0.39 is 0 Å². The number of hydrogen-bond donors (Lipinski definition) is 3. The molecular weight excluding hydrogens is 276 g/mol. The molecule has 2 aromatic heterocycles. The van der Waals surface area contributed by atoms with Crippen molar-refractivity contribution in [2.75, 3.05) is 12.3 Å². The van der Waals surface area contributed by atoms with Crippen LogP contribution in [0.1, 0.15) is 28.3 Å². The molecule has 2 aromatic rings. The molecule has 6 nitrogen and oxygen atoms in total. The fourth-order valence-electron chi connectivity index (χ4n) is 1.81. The summed E-state index contributed by atoms with van der Waals surface area (Å²) in [6.45, 7) is 2.26. The van der Waals surface area contributed by atoms with Crippen LogP contribution in [-0.4, -0.2) is 22.4 Å². The van der Waals surface area contributed by atoms with E-state index in [9.17, 15) is 9.59 Å². The van der Waals surface area contributed by atoms with Gasteiger partial charge in [-0.25, -0.2) is 4.98 Å². The number of anilines is 1. The summed E-state index contributed by atoms with van der Waals surface area (Å²) >= 11 is 1.41. The van der Waals surface area contributed by atoms with Gasteiger partial charge in [0.25, 0.3) is 5.91 Å². The van der Waals surface area contributed by atoms with E-state index in [0.717, 1.165) is 18.5 Å². The van der Waals surface area contributed by atoms with Crippen molar-refractivity contribution in [3.8, 4) is 0 Å². The standard InChI is InChI=1S/C13H16N4O2S/c1-8-5-10(18)6-11(16-8)12(19)15-4-2-3-9-7-20-13(14)17-9/h5-7H,2-4H2,1H3,(H2,14,17)(H,15,19)(H,16,18). The number of aromatic nitrogens is 2. The molecule has 0 spiro atoms. The molecule has 2 rings (SSSR count). The Labute approximate surface area is 120 Å². The Morgan fingerprint density at radius 2 is 2.30 bits per heavy atom. The molecule has 0 unspecified atom stereocenters. The number of nitrogens with zero attached hydrogens (tertiary/aromatic N) is 1. The minimum absolute atomic E-state index is 0.177. The summed E-state index contributed by atoms with van der Waals surface area (Å²) < 4.78 is 0. The molecule has 7 heteroatoms. The lowest BCUT2D eigenvalue weighted by Crippen LogP contribution is -2.27. The molecule has 0 atom stereocenters. The van der Waals surface area contributed by atoms with Gasteiger partial charge in [-0.05, 0) is 19.8 Å². The Kier molecular flexibility index (Phi) is 4.52. The summed E-state index contributed by atoms with van der Waals surface area (Å²) in [5.41, 5.74) is 7.25. The number of amides is 1. The Morgan fingerprint density at radius 3 is 2.95 bits per heavy atom. The molecule has 0 aliphatic heterocycles. The van der Waals surface area contributed by atoms with Gasteiger partial charge in [-0.1, -0.05) is 0 Å². The fourth-order valence-corrected chi connectivity index (χ4v) is 2.41. The van der Waals surface area contributed by atoms with E-state index in [1.165, 1.54) is 23.5 Å². The fraction of sp³-hybridized carbons (Fsp3) is 0.308. The van der Waals surface area contributed by atoms with Crippen molar-refractivity contribution in [2.45, 2.75) is 19.8 Å². The van der Waals surface area contributed by atoms with Crippen molar-refractivity contribution >= 4 is 22.4 Å². The number of thiazole rings is 1. The molecule has 0 radical (unpaired) electrons. The number of pyridine rings is 1. The van der Waals surface area contributed by atoms with E-state index in [1.54, 1.807) is 6.92 Å². The summed E-state index contributed by atoms with van der Waals surface area (Å²) in [4.78, 5) is 30.2. The molecule has 0 aliphatic rings. The van der Waals surface area contributed by atoms with E-state index >= 15 is 0 Å². The van der Waals surface area contributed by atoms with Crippen LogP contribution in [-0.2, 0) is 6.42 Å². The summed E-state index contributed by atoms with van der Waals surface area (Å²) in [7, 11) is 0. The van der Waals surface area contributed by atoms with Gasteiger partial charge >= 0.3 is 0 Å². The monoisotopic (exact) mass is 292 g/mol. The Morgan fingerprint density at radius 1 is 1.50 bits per heavy atom. The number of aryl methyl sites for hydroxylation is 2. The number of carbonyl (C=O) groups is 1. The van der Waals surface area contributed by atoms with Gasteiger partial charge in [-0.2, -0.15) is 0 Å². The summed E-state index contributed by atoms with van der Waals surface area (Å²) in [6, 6.07) is 2.74. The first kappa shape index (κ1) is 14.3. The zero-order chi connectivity index (χ0) is 14.5. The highest BCUT2D eigenvalue weighted by Gasteiger charge is 2.07. The van der Waals surface area contributed by atoms with Crippen molar-refractivity contribution in [3.63, 3.8) is 0 Å². The Hall–Kier alpha value is -2.15. The topological polar surface area (TPSA) is 101 Å². The van der Waals surface area contributed by atoms with Crippen LogP contribution in [0.15, 0.2) is 22.3 Å². The summed E-state index contributed by atoms with van der Waals surface area (Å²) in [5, 5.41) is 5.23. The molecule has 0 saturated carbocycles. The molecular formula is C13H16N4O2S. The molecule has 20 heavy (non-hydrogen) atoms. The number of rotatable bonds is 5. The largest absolute Gasteiger partial charge is 0.375 e. The predicted molar refractivity (Wildman–Crippen MR) is 79.0 cm³/mol. The van der Waals surface area contributed by atoms with Gasteiger partial charge < -0.3 is 16.0 Å². The minimum Gasteiger partial charge on any atom is -0.375 e. The van der Waals surface area contributed by atoms with Crippen LogP contribution in [0.4, 0.5) is 5.13 Å². The Bertz CT molecular complexity index is 662. The normalized spacial score (nSPS) is 10.4. The second-order valence-electron chi connectivity index (χ2n) is 4.45. The smallest absolute Gasteiger partial charge is 0.267 e. The molecule has 0 aromatic carbocycles.